The highest BCUT2D eigenvalue weighted by molar-refractivity contribution is 6.53. The summed E-state index contributed by atoms with van der Waals surface area (Å²) >= 11 is 0. The minimum absolute atomic E-state index is 0.203. The van der Waals surface area contributed by atoms with Gasteiger partial charge in [-0.1, -0.05) is 5.16 Å². The lowest BCUT2D eigenvalue weighted by atomic mass is 10.1. The van der Waals surface area contributed by atoms with Gasteiger partial charge in [0.2, 0.25) is 0 Å². The van der Waals surface area contributed by atoms with E-state index in [2.05, 4.69) is 15.4 Å². The molecule has 1 fully saturated rings. The maximum atomic E-state index is 11.7. The molecule has 0 aromatic heterocycles. The topological polar surface area (TPSA) is 53.9 Å². The van der Waals surface area contributed by atoms with Gasteiger partial charge in [0, 0.05) is 24.3 Å². The van der Waals surface area contributed by atoms with Crippen LogP contribution in [0.1, 0.15) is 18.4 Å². The number of amides is 1. The van der Waals surface area contributed by atoms with Gasteiger partial charge in [0.05, 0.1) is 5.69 Å². The fraction of sp³-hybridized carbons (Fsp3) is 0.385. The van der Waals surface area contributed by atoms with Gasteiger partial charge in [0.25, 0.3) is 5.91 Å². The highest BCUT2D eigenvalue weighted by atomic mass is 16.6. The largest absolute Gasteiger partial charge is 0.398 e. The van der Waals surface area contributed by atoms with Crippen LogP contribution < -0.4 is 10.2 Å². The van der Waals surface area contributed by atoms with Gasteiger partial charge in [-0.15, -0.1) is 0 Å². The molecule has 0 aliphatic carbocycles. The summed E-state index contributed by atoms with van der Waals surface area (Å²) in [5.41, 5.74) is 3.13. The summed E-state index contributed by atoms with van der Waals surface area (Å²) in [6.45, 7) is 2.18. The zero-order chi connectivity index (χ0) is 12.5. The van der Waals surface area contributed by atoms with E-state index in [-0.39, 0.29) is 5.91 Å². The van der Waals surface area contributed by atoms with Crippen molar-refractivity contribution in [2.75, 3.05) is 30.4 Å². The minimum atomic E-state index is -0.203. The fourth-order valence-electron chi connectivity index (χ4n) is 2.50. The molecule has 5 nitrogen and oxygen atoms in total. The molecule has 0 spiro atoms. The van der Waals surface area contributed by atoms with Crippen molar-refractivity contribution >= 4 is 23.0 Å². The monoisotopic (exact) mass is 245 g/mol. The number of benzene rings is 1. The SMILES string of the molecule is CO/N=C1/C(=O)Nc2cc(N3CCCC3)ccc21. The molecule has 0 unspecified atom stereocenters. The number of hydrogen-bond acceptors (Lipinski definition) is 4. The van der Waals surface area contributed by atoms with Crippen molar-refractivity contribution < 1.29 is 9.63 Å². The smallest absolute Gasteiger partial charge is 0.278 e. The van der Waals surface area contributed by atoms with E-state index < -0.39 is 0 Å². The van der Waals surface area contributed by atoms with Crippen molar-refractivity contribution in [1.82, 2.24) is 0 Å². The first-order valence-electron chi connectivity index (χ1n) is 6.11. The normalized spacial score (nSPS) is 20.2. The second kappa shape index (κ2) is 4.33. The Morgan fingerprint density at radius 2 is 2.11 bits per heavy atom. The molecule has 2 heterocycles. The molecule has 2 aliphatic heterocycles. The maximum absolute atomic E-state index is 11.7. The van der Waals surface area contributed by atoms with E-state index in [1.54, 1.807) is 0 Å². The number of nitrogens with one attached hydrogen (secondary N) is 1. The number of rotatable bonds is 2. The molecule has 0 bridgehead atoms. The Hall–Kier alpha value is -2.04. The summed E-state index contributed by atoms with van der Waals surface area (Å²) in [4.78, 5) is 18.7. The summed E-state index contributed by atoms with van der Waals surface area (Å²) in [6.07, 6.45) is 2.47. The first-order valence-corrected chi connectivity index (χ1v) is 6.11. The van der Waals surface area contributed by atoms with Crippen LogP contribution in [-0.2, 0) is 9.63 Å². The molecule has 1 amide bonds. The van der Waals surface area contributed by atoms with Gasteiger partial charge in [-0.05, 0) is 31.0 Å². The summed E-state index contributed by atoms with van der Waals surface area (Å²) in [7, 11) is 1.44. The molecule has 2 aliphatic rings. The third-order valence-corrected chi connectivity index (χ3v) is 3.38. The zero-order valence-electron chi connectivity index (χ0n) is 10.3. The first kappa shape index (κ1) is 11.1. The molecular formula is C13H15N3O2. The van der Waals surface area contributed by atoms with Crippen LogP contribution in [0.5, 0.6) is 0 Å². The Kier molecular flexibility index (Phi) is 2.66. The quantitative estimate of drug-likeness (QED) is 0.805. The van der Waals surface area contributed by atoms with E-state index in [0.29, 0.717) is 5.71 Å². The van der Waals surface area contributed by atoms with Crippen molar-refractivity contribution in [2.24, 2.45) is 5.16 Å². The Balaban J connectivity index is 1.96. The molecule has 1 aromatic carbocycles. The molecule has 5 heteroatoms. The van der Waals surface area contributed by atoms with E-state index in [1.807, 2.05) is 18.2 Å². The molecule has 0 radical (unpaired) electrons. The summed E-state index contributed by atoms with van der Waals surface area (Å²) in [6, 6.07) is 5.98. The number of anilines is 2. The number of nitrogens with zero attached hydrogens (tertiary/aromatic N) is 2. The third-order valence-electron chi connectivity index (χ3n) is 3.38. The van der Waals surface area contributed by atoms with Gasteiger partial charge in [-0.3, -0.25) is 4.79 Å². The molecular weight excluding hydrogens is 230 g/mol. The second-order valence-corrected chi connectivity index (χ2v) is 4.50. The summed E-state index contributed by atoms with van der Waals surface area (Å²) < 4.78 is 0. The van der Waals surface area contributed by atoms with E-state index in [0.717, 1.165) is 30.0 Å². The van der Waals surface area contributed by atoms with Crippen molar-refractivity contribution in [2.45, 2.75) is 12.8 Å². The summed E-state index contributed by atoms with van der Waals surface area (Å²) in [5.74, 6) is -0.203. The van der Waals surface area contributed by atoms with Gasteiger partial charge in [-0.2, -0.15) is 0 Å². The van der Waals surface area contributed by atoms with Crippen LogP contribution in [0.3, 0.4) is 0 Å². The molecule has 1 saturated heterocycles. The van der Waals surface area contributed by atoms with Crippen molar-refractivity contribution in [1.29, 1.82) is 0 Å². The molecule has 94 valence electrons. The van der Waals surface area contributed by atoms with Crippen LogP contribution in [0.2, 0.25) is 0 Å². The van der Waals surface area contributed by atoms with Gasteiger partial charge >= 0.3 is 0 Å². The lowest BCUT2D eigenvalue weighted by Gasteiger charge is -2.18. The van der Waals surface area contributed by atoms with Crippen LogP contribution in [0.15, 0.2) is 23.4 Å². The lowest BCUT2D eigenvalue weighted by Crippen LogP contribution is -2.17. The molecule has 0 saturated carbocycles. The van der Waals surface area contributed by atoms with Crippen LogP contribution in [0.25, 0.3) is 0 Å². The molecule has 0 atom stereocenters. The standard InChI is InChI=1S/C13H15N3O2/c1-18-15-12-10-5-4-9(16-6-2-3-7-16)8-11(10)14-13(12)17/h4-5,8H,2-3,6-7H2,1H3,(H,14,15,17). The van der Waals surface area contributed by atoms with Gasteiger partial charge in [-0.25, -0.2) is 0 Å². The van der Waals surface area contributed by atoms with E-state index in [4.69, 9.17) is 4.84 Å². The van der Waals surface area contributed by atoms with E-state index >= 15 is 0 Å². The van der Waals surface area contributed by atoms with Crippen LogP contribution in [0.4, 0.5) is 11.4 Å². The third kappa shape index (κ3) is 1.72. The van der Waals surface area contributed by atoms with Gasteiger partial charge in [0.15, 0.2) is 5.71 Å². The van der Waals surface area contributed by atoms with Gasteiger partial charge < -0.3 is 15.1 Å². The Morgan fingerprint density at radius 1 is 1.33 bits per heavy atom. The molecule has 1 aromatic rings. The number of oxime groups is 1. The molecule has 1 N–H and O–H groups in total. The number of carbonyl (C=O) groups excluding carboxylic acids is 1. The Bertz CT molecular complexity index is 519. The second-order valence-electron chi connectivity index (χ2n) is 4.50. The Labute approximate surface area is 105 Å². The molecule has 18 heavy (non-hydrogen) atoms. The fourth-order valence-corrected chi connectivity index (χ4v) is 2.50. The van der Waals surface area contributed by atoms with E-state index in [9.17, 15) is 4.79 Å². The van der Waals surface area contributed by atoms with Crippen molar-refractivity contribution in [3.63, 3.8) is 0 Å². The first-order chi connectivity index (χ1) is 8.79. The van der Waals surface area contributed by atoms with Crippen LogP contribution >= 0.6 is 0 Å². The van der Waals surface area contributed by atoms with Crippen LogP contribution in [-0.4, -0.2) is 31.8 Å². The number of carbonyl (C=O) groups is 1. The Morgan fingerprint density at radius 3 is 2.83 bits per heavy atom. The predicted molar refractivity (Wildman–Crippen MR) is 70.1 cm³/mol. The summed E-state index contributed by atoms with van der Waals surface area (Å²) in [5, 5.41) is 6.58. The maximum Gasteiger partial charge on any atom is 0.278 e. The number of hydrogen-bond donors (Lipinski definition) is 1. The zero-order valence-corrected chi connectivity index (χ0v) is 10.3. The molecule has 3 rings (SSSR count). The predicted octanol–water partition coefficient (Wildman–Crippen LogP) is 1.59. The van der Waals surface area contributed by atoms with E-state index in [1.165, 1.54) is 20.0 Å². The van der Waals surface area contributed by atoms with Crippen molar-refractivity contribution in [3.8, 4) is 0 Å². The highest BCUT2D eigenvalue weighted by Gasteiger charge is 2.27. The minimum Gasteiger partial charge on any atom is -0.398 e. The number of fused-ring (bicyclic) bond motifs is 1. The average Bonchev–Trinajstić information content (AvgIpc) is 2.98. The van der Waals surface area contributed by atoms with Gasteiger partial charge in [0.1, 0.15) is 7.11 Å². The lowest BCUT2D eigenvalue weighted by molar-refractivity contribution is -0.110. The van der Waals surface area contributed by atoms with Crippen LogP contribution in [0, 0.1) is 0 Å². The van der Waals surface area contributed by atoms with Crippen molar-refractivity contribution in [3.05, 3.63) is 23.8 Å². The average molecular weight is 245 g/mol. The highest BCUT2D eigenvalue weighted by Crippen LogP contribution is 2.30.